The van der Waals surface area contributed by atoms with Crippen molar-refractivity contribution in [3.8, 4) is 5.75 Å². The number of benzene rings is 1. The van der Waals surface area contributed by atoms with Crippen molar-refractivity contribution in [2.75, 3.05) is 6.61 Å². The summed E-state index contributed by atoms with van der Waals surface area (Å²) in [6.45, 7) is 6.95. The maximum atomic E-state index is 6.11. The molecule has 2 rings (SSSR count). The molecular weight excluding hydrogens is 330 g/mol. The smallest absolute Gasteiger partial charge is 0.125 e. The van der Waals surface area contributed by atoms with Gasteiger partial charge in [-0.3, -0.25) is 0 Å². The first-order chi connectivity index (χ1) is 9.99. The molecule has 3 atom stereocenters. The van der Waals surface area contributed by atoms with Crippen LogP contribution in [0.15, 0.2) is 16.6 Å². The first kappa shape index (κ1) is 16.8. The van der Waals surface area contributed by atoms with Crippen molar-refractivity contribution in [1.82, 2.24) is 0 Å². The van der Waals surface area contributed by atoms with Crippen LogP contribution in [0.2, 0.25) is 0 Å². The number of hydrogen-bond donors (Lipinski definition) is 1. The van der Waals surface area contributed by atoms with Crippen molar-refractivity contribution < 1.29 is 9.47 Å². The van der Waals surface area contributed by atoms with E-state index < -0.39 is 0 Å². The molecule has 118 valence electrons. The van der Waals surface area contributed by atoms with Crippen LogP contribution in [0.25, 0.3) is 0 Å². The normalized spacial score (nSPS) is 23.3. The summed E-state index contributed by atoms with van der Waals surface area (Å²) in [6.07, 6.45) is 4.59. The predicted octanol–water partition coefficient (Wildman–Crippen LogP) is 3.98. The average Bonchev–Trinajstić information content (AvgIpc) is 2.83. The van der Waals surface area contributed by atoms with Gasteiger partial charge in [0.2, 0.25) is 0 Å². The van der Waals surface area contributed by atoms with Crippen LogP contribution in [0.4, 0.5) is 0 Å². The molecule has 0 saturated carbocycles. The molecule has 1 saturated heterocycles. The van der Waals surface area contributed by atoms with Crippen molar-refractivity contribution in [1.29, 1.82) is 0 Å². The van der Waals surface area contributed by atoms with Crippen LogP contribution >= 0.6 is 15.9 Å². The maximum Gasteiger partial charge on any atom is 0.125 e. The van der Waals surface area contributed by atoms with Crippen molar-refractivity contribution in [2.24, 2.45) is 5.73 Å². The van der Waals surface area contributed by atoms with Crippen LogP contribution in [-0.2, 0) is 11.2 Å². The summed E-state index contributed by atoms with van der Waals surface area (Å²) in [6, 6.07) is 4.38. The molecule has 1 aromatic rings. The van der Waals surface area contributed by atoms with Gasteiger partial charge in [-0.2, -0.15) is 0 Å². The van der Waals surface area contributed by atoms with E-state index in [4.69, 9.17) is 15.2 Å². The summed E-state index contributed by atoms with van der Waals surface area (Å²) >= 11 is 3.56. The van der Waals surface area contributed by atoms with Gasteiger partial charge < -0.3 is 15.2 Å². The van der Waals surface area contributed by atoms with Gasteiger partial charge in [-0.15, -0.1) is 0 Å². The third-order valence-corrected chi connectivity index (χ3v) is 4.51. The summed E-state index contributed by atoms with van der Waals surface area (Å²) in [4.78, 5) is 0. The van der Waals surface area contributed by atoms with Crippen LogP contribution < -0.4 is 10.5 Å². The summed E-state index contributed by atoms with van der Waals surface area (Å²) in [7, 11) is 0. The van der Waals surface area contributed by atoms with Gasteiger partial charge in [-0.05, 0) is 62.8 Å². The lowest BCUT2D eigenvalue weighted by atomic mass is 10.0. The number of ether oxygens (including phenoxy) is 2. The first-order valence-electron chi connectivity index (χ1n) is 7.82. The maximum absolute atomic E-state index is 6.11. The van der Waals surface area contributed by atoms with Gasteiger partial charge in [0.15, 0.2) is 0 Å². The van der Waals surface area contributed by atoms with E-state index in [1.807, 2.05) is 0 Å². The second kappa shape index (κ2) is 7.61. The molecule has 0 bridgehead atoms. The molecule has 3 unspecified atom stereocenters. The van der Waals surface area contributed by atoms with E-state index in [-0.39, 0.29) is 12.1 Å². The Bertz CT molecular complexity index is 478. The van der Waals surface area contributed by atoms with Gasteiger partial charge in [0.05, 0.1) is 12.2 Å². The lowest BCUT2D eigenvalue weighted by Gasteiger charge is -2.19. The topological polar surface area (TPSA) is 44.5 Å². The number of aryl methyl sites for hydroxylation is 1. The minimum Gasteiger partial charge on any atom is -0.490 e. The molecule has 1 aliphatic rings. The SMILES string of the molecule is CCC(N)Cc1cc(Br)cc(C)c1OCC1CCC(C)O1. The highest BCUT2D eigenvalue weighted by Gasteiger charge is 2.23. The summed E-state index contributed by atoms with van der Waals surface area (Å²) in [5, 5.41) is 0. The predicted molar refractivity (Wildman–Crippen MR) is 89.9 cm³/mol. The molecule has 4 heteroatoms. The molecule has 0 aromatic heterocycles. The van der Waals surface area contributed by atoms with E-state index in [0.717, 1.165) is 41.5 Å². The fourth-order valence-corrected chi connectivity index (χ4v) is 3.39. The minimum atomic E-state index is 0.170. The number of nitrogens with two attached hydrogens (primary N) is 1. The lowest BCUT2D eigenvalue weighted by molar-refractivity contribution is 0.0261. The molecule has 1 aromatic carbocycles. The highest BCUT2D eigenvalue weighted by Crippen LogP contribution is 2.30. The molecule has 1 aliphatic heterocycles. The van der Waals surface area contributed by atoms with E-state index in [1.54, 1.807) is 0 Å². The van der Waals surface area contributed by atoms with Crippen LogP contribution in [0.1, 0.15) is 44.2 Å². The van der Waals surface area contributed by atoms with Crippen molar-refractivity contribution in [3.05, 3.63) is 27.7 Å². The van der Waals surface area contributed by atoms with Gasteiger partial charge in [0.1, 0.15) is 12.4 Å². The van der Waals surface area contributed by atoms with Gasteiger partial charge in [-0.1, -0.05) is 22.9 Å². The Morgan fingerprint density at radius 1 is 1.43 bits per heavy atom. The van der Waals surface area contributed by atoms with Crippen molar-refractivity contribution >= 4 is 15.9 Å². The van der Waals surface area contributed by atoms with E-state index in [9.17, 15) is 0 Å². The van der Waals surface area contributed by atoms with Crippen LogP contribution in [0, 0.1) is 6.92 Å². The van der Waals surface area contributed by atoms with Gasteiger partial charge in [0, 0.05) is 10.5 Å². The largest absolute Gasteiger partial charge is 0.490 e. The third kappa shape index (κ3) is 4.70. The Hall–Kier alpha value is -0.580. The molecule has 0 aliphatic carbocycles. The summed E-state index contributed by atoms with van der Waals surface area (Å²) in [5.74, 6) is 0.977. The minimum absolute atomic E-state index is 0.170. The highest BCUT2D eigenvalue weighted by molar-refractivity contribution is 9.10. The molecule has 0 spiro atoms. The van der Waals surface area contributed by atoms with E-state index in [0.29, 0.717) is 12.7 Å². The second-order valence-corrected chi connectivity index (χ2v) is 6.96. The van der Waals surface area contributed by atoms with Gasteiger partial charge in [0.25, 0.3) is 0 Å². The zero-order valence-corrected chi connectivity index (χ0v) is 14.8. The van der Waals surface area contributed by atoms with Crippen molar-refractivity contribution in [2.45, 2.75) is 64.7 Å². The fourth-order valence-electron chi connectivity index (χ4n) is 2.77. The molecular formula is C17H26BrNO2. The Kier molecular flexibility index (Phi) is 6.08. The van der Waals surface area contributed by atoms with E-state index >= 15 is 0 Å². The van der Waals surface area contributed by atoms with E-state index in [1.165, 1.54) is 5.56 Å². The Labute approximate surface area is 136 Å². The highest BCUT2D eigenvalue weighted by atomic mass is 79.9. The number of hydrogen-bond acceptors (Lipinski definition) is 3. The molecule has 0 radical (unpaired) electrons. The standard InChI is InChI=1S/C17H26BrNO2/c1-4-15(19)9-13-8-14(18)7-11(2)17(13)20-10-16-6-5-12(3)21-16/h7-8,12,15-16H,4-6,9-10,19H2,1-3H3. The van der Waals surface area contributed by atoms with Crippen LogP contribution in [0.3, 0.4) is 0 Å². The third-order valence-electron chi connectivity index (χ3n) is 4.06. The Morgan fingerprint density at radius 3 is 2.81 bits per heavy atom. The molecule has 1 heterocycles. The quantitative estimate of drug-likeness (QED) is 0.838. The molecule has 1 fully saturated rings. The van der Waals surface area contributed by atoms with Gasteiger partial charge in [-0.25, -0.2) is 0 Å². The van der Waals surface area contributed by atoms with Crippen LogP contribution in [-0.4, -0.2) is 24.9 Å². The Morgan fingerprint density at radius 2 is 2.19 bits per heavy atom. The fraction of sp³-hybridized carbons (Fsp3) is 0.647. The second-order valence-electron chi connectivity index (χ2n) is 6.04. The average molecular weight is 356 g/mol. The van der Waals surface area contributed by atoms with Crippen LogP contribution in [0.5, 0.6) is 5.75 Å². The molecule has 3 nitrogen and oxygen atoms in total. The van der Waals surface area contributed by atoms with Gasteiger partial charge >= 0.3 is 0 Å². The Balaban J connectivity index is 2.09. The summed E-state index contributed by atoms with van der Waals surface area (Å²) < 4.78 is 13.0. The zero-order chi connectivity index (χ0) is 15.4. The monoisotopic (exact) mass is 355 g/mol. The molecule has 0 amide bonds. The van der Waals surface area contributed by atoms with E-state index in [2.05, 4.69) is 48.8 Å². The lowest BCUT2D eigenvalue weighted by Crippen LogP contribution is -2.23. The first-order valence-corrected chi connectivity index (χ1v) is 8.61. The summed E-state index contributed by atoms with van der Waals surface area (Å²) in [5.41, 5.74) is 8.44. The number of halogens is 1. The molecule has 2 N–H and O–H groups in total. The molecule has 21 heavy (non-hydrogen) atoms. The zero-order valence-electron chi connectivity index (χ0n) is 13.2. The number of rotatable bonds is 6. The van der Waals surface area contributed by atoms with Crippen molar-refractivity contribution in [3.63, 3.8) is 0 Å².